The van der Waals surface area contributed by atoms with Gasteiger partial charge in [-0.25, -0.2) is 4.79 Å². The molecule has 0 aromatic rings. The molecule has 0 unspecified atom stereocenters. The fourth-order valence-corrected chi connectivity index (χ4v) is 4.24. The Labute approximate surface area is 158 Å². The van der Waals surface area contributed by atoms with Crippen molar-refractivity contribution in [1.29, 1.82) is 0 Å². The first kappa shape index (κ1) is 18.9. The quantitative estimate of drug-likeness (QED) is 0.435. The van der Waals surface area contributed by atoms with Gasteiger partial charge in [0.1, 0.15) is 0 Å². The van der Waals surface area contributed by atoms with Crippen LogP contribution in [0, 0.1) is 0 Å². The molecule has 3 heterocycles. The Morgan fingerprint density at radius 2 is 1.44 bits per heavy atom. The van der Waals surface area contributed by atoms with E-state index in [-0.39, 0.29) is 6.10 Å². The van der Waals surface area contributed by atoms with Crippen LogP contribution in [0.1, 0.15) is 25.7 Å². The van der Waals surface area contributed by atoms with Crippen molar-refractivity contribution in [2.24, 2.45) is 0 Å². The molecular weight excluding hydrogens is 352 g/mol. The molecule has 2 N–H and O–H groups in total. The summed E-state index contributed by atoms with van der Waals surface area (Å²) in [5, 5.41) is 8.11. The van der Waals surface area contributed by atoms with Crippen LogP contribution >= 0.6 is 0 Å². The van der Waals surface area contributed by atoms with Crippen LogP contribution in [0.15, 0.2) is 0 Å². The number of Topliss-reactive ketones (excluding diaryl/α,β-unsaturated/α-hetero) is 2. The number of hydrogen-bond acceptors (Lipinski definition) is 9. The minimum absolute atomic E-state index is 0.272. The number of piperazine rings is 1. The molecule has 1 aliphatic carbocycles. The van der Waals surface area contributed by atoms with Gasteiger partial charge in [0.25, 0.3) is 17.2 Å². The lowest BCUT2D eigenvalue weighted by atomic mass is 10.0. The zero-order valence-corrected chi connectivity index (χ0v) is 15.6. The van der Waals surface area contributed by atoms with E-state index in [0.29, 0.717) is 32.0 Å². The number of nitrogens with one attached hydrogen (secondary N) is 2. The van der Waals surface area contributed by atoms with Crippen molar-refractivity contribution in [2.75, 3.05) is 52.4 Å². The largest absolute Gasteiger partial charge is 0.374 e. The summed E-state index contributed by atoms with van der Waals surface area (Å²) in [4.78, 5) is 44.3. The van der Waals surface area contributed by atoms with E-state index < -0.39 is 23.1 Å². The highest BCUT2D eigenvalue weighted by atomic mass is 16.7. The molecule has 9 heteroatoms. The second kappa shape index (κ2) is 7.92. The molecule has 0 atom stereocenters. The smallest absolute Gasteiger partial charge is 0.365 e. The zero-order valence-electron chi connectivity index (χ0n) is 15.6. The summed E-state index contributed by atoms with van der Waals surface area (Å²) in [5.74, 6) is -2.43. The van der Waals surface area contributed by atoms with Crippen LogP contribution in [0.4, 0.5) is 0 Å². The van der Waals surface area contributed by atoms with Crippen LogP contribution < -0.4 is 10.6 Å². The van der Waals surface area contributed by atoms with E-state index >= 15 is 0 Å². The van der Waals surface area contributed by atoms with Gasteiger partial charge in [-0.15, -0.1) is 5.06 Å². The Balaban J connectivity index is 1.30. The topological polar surface area (TPSA) is 100 Å². The minimum Gasteiger partial charge on any atom is -0.365 e. The lowest BCUT2D eigenvalue weighted by Crippen LogP contribution is -2.54. The highest BCUT2D eigenvalue weighted by molar-refractivity contribution is 6.72. The first-order valence-electron chi connectivity index (χ1n) is 10.0. The number of hydroxylamine groups is 2. The number of carbonyl (C=O) groups excluding carboxylic acids is 3. The van der Waals surface area contributed by atoms with Gasteiger partial charge in [-0.05, 0) is 51.9 Å². The van der Waals surface area contributed by atoms with Crippen LogP contribution in [-0.4, -0.2) is 97.6 Å². The third kappa shape index (κ3) is 3.79. The van der Waals surface area contributed by atoms with Gasteiger partial charge in [0, 0.05) is 32.2 Å². The number of ketones is 2. The van der Waals surface area contributed by atoms with Crippen LogP contribution in [0.3, 0.4) is 0 Å². The van der Waals surface area contributed by atoms with E-state index in [1.54, 1.807) is 5.06 Å². The highest BCUT2D eigenvalue weighted by Gasteiger charge is 2.75. The summed E-state index contributed by atoms with van der Waals surface area (Å²) in [5.41, 5.74) is -2.01. The van der Waals surface area contributed by atoms with Gasteiger partial charge in [-0.3, -0.25) is 14.5 Å². The van der Waals surface area contributed by atoms with Crippen LogP contribution in [0.25, 0.3) is 0 Å². The predicted octanol–water partition coefficient (Wildman–Crippen LogP) is -1.53. The fraction of sp³-hybridized carbons (Fsp3) is 0.833. The molecular formula is C18H28N4O5. The van der Waals surface area contributed by atoms with Crippen molar-refractivity contribution in [1.82, 2.24) is 20.6 Å². The summed E-state index contributed by atoms with van der Waals surface area (Å²) in [6, 6.07) is 0.574. The van der Waals surface area contributed by atoms with Crippen LogP contribution in [0.5, 0.6) is 0 Å². The van der Waals surface area contributed by atoms with E-state index in [1.165, 1.54) is 0 Å². The minimum atomic E-state index is -2.01. The molecule has 4 aliphatic rings. The van der Waals surface area contributed by atoms with Crippen molar-refractivity contribution in [3.05, 3.63) is 0 Å². The van der Waals surface area contributed by atoms with E-state index in [0.717, 1.165) is 52.1 Å². The monoisotopic (exact) mass is 380 g/mol. The standard InChI is InChI=1S/C18H28N4O5/c23-15-16(24)18(15,26-14-3-7-20-8-4-14)17(25)27-22-11-9-21(10-12-22)13-1-5-19-6-2-13/h13-14,19-20H,1-12H2. The first-order valence-corrected chi connectivity index (χ1v) is 10.0. The number of ether oxygens (including phenoxy) is 1. The highest BCUT2D eigenvalue weighted by Crippen LogP contribution is 2.35. The number of nitrogens with zero attached hydrogens (tertiary/aromatic N) is 2. The van der Waals surface area contributed by atoms with Gasteiger partial charge < -0.3 is 20.2 Å². The molecule has 4 rings (SSSR count). The molecule has 3 aliphatic heterocycles. The van der Waals surface area contributed by atoms with Gasteiger partial charge in [0.2, 0.25) is 0 Å². The van der Waals surface area contributed by atoms with Gasteiger partial charge in [0.05, 0.1) is 6.10 Å². The molecule has 3 saturated heterocycles. The molecule has 0 spiro atoms. The zero-order chi connectivity index (χ0) is 18.9. The van der Waals surface area contributed by atoms with Crippen molar-refractivity contribution in [3.8, 4) is 0 Å². The molecule has 27 heavy (non-hydrogen) atoms. The number of hydrogen-bond donors (Lipinski definition) is 2. The maximum absolute atomic E-state index is 12.6. The lowest BCUT2D eigenvalue weighted by molar-refractivity contribution is -0.215. The maximum Gasteiger partial charge on any atom is 0.374 e. The van der Waals surface area contributed by atoms with Crippen molar-refractivity contribution < 1.29 is 24.0 Å². The van der Waals surface area contributed by atoms with Crippen molar-refractivity contribution in [2.45, 2.75) is 43.4 Å². The third-order valence-electron chi connectivity index (χ3n) is 6.01. The lowest BCUT2D eigenvalue weighted by Gasteiger charge is -2.40. The fourth-order valence-electron chi connectivity index (χ4n) is 4.24. The molecule has 4 fully saturated rings. The first-order chi connectivity index (χ1) is 13.1. The van der Waals surface area contributed by atoms with Crippen LogP contribution in [0.2, 0.25) is 0 Å². The van der Waals surface area contributed by atoms with Crippen molar-refractivity contribution in [3.63, 3.8) is 0 Å². The Morgan fingerprint density at radius 1 is 0.889 bits per heavy atom. The Bertz CT molecular complexity index is 579. The van der Waals surface area contributed by atoms with Gasteiger partial charge in [-0.2, -0.15) is 0 Å². The van der Waals surface area contributed by atoms with Gasteiger partial charge in [0.15, 0.2) is 0 Å². The predicted molar refractivity (Wildman–Crippen MR) is 94.9 cm³/mol. The van der Waals surface area contributed by atoms with Crippen LogP contribution in [-0.2, 0) is 24.0 Å². The summed E-state index contributed by atoms with van der Waals surface area (Å²) in [6.07, 6.45) is 3.34. The van der Waals surface area contributed by atoms with E-state index in [4.69, 9.17) is 9.57 Å². The second-order valence-corrected chi connectivity index (χ2v) is 7.73. The van der Waals surface area contributed by atoms with E-state index in [9.17, 15) is 14.4 Å². The average Bonchev–Trinajstić information content (AvgIpc) is 3.24. The Morgan fingerprint density at radius 3 is 2.00 bits per heavy atom. The van der Waals surface area contributed by atoms with Crippen molar-refractivity contribution >= 4 is 17.5 Å². The maximum atomic E-state index is 12.6. The van der Waals surface area contributed by atoms with E-state index in [2.05, 4.69) is 15.5 Å². The molecule has 0 aromatic carbocycles. The van der Waals surface area contributed by atoms with E-state index in [1.807, 2.05) is 0 Å². The Kier molecular flexibility index (Phi) is 5.56. The normalized spacial score (nSPS) is 28.3. The number of rotatable bonds is 5. The molecule has 0 bridgehead atoms. The molecule has 9 nitrogen and oxygen atoms in total. The average molecular weight is 380 g/mol. The second-order valence-electron chi connectivity index (χ2n) is 7.73. The summed E-state index contributed by atoms with van der Waals surface area (Å²) >= 11 is 0. The molecule has 0 aromatic heterocycles. The Hall–Kier alpha value is -1.39. The molecule has 0 amide bonds. The van der Waals surface area contributed by atoms with Gasteiger partial charge >= 0.3 is 5.97 Å². The molecule has 1 saturated carbocycles. The number of carbonyl (C=O) groups is 3. The number of piperidine rings is 2. The summed E-state index contributed by atoms with van der Waals surface area (Å²) in [7, 11) is 0. The summed E-state index contributed by atoms with van der Waals surface area (Å²) < 4.78 is 5.68. The molecule has 0 radical (unpaired) electrons. The summed E-state index contributed by atoms with van der Waals surface area (Å²) in [6.45, 7) is 6.34. The third-order valence-corrected chi connectivity index (χ3v) is 6.01. The van der Waals surface area contributed by atoms with Gasteiger partial charge in [-0.1, -0.05) is 0 Å². The molecule has 150 valence electrons. The SMILES string of the molecule is O=C(ON1CCN(C2CCNCC2)CC1)C1(OC2CCNCC2)C(=O)C1=O.